The van der Waals surface area contributed by atoms with Crippen LogP contribution in [0.3, 0.4) is 0 Å². The first-order valence-corrected chi connectivity index (χ1v) is 8.51. The maximum absolute atomic E-state index is 13.5. The van der Waals surface area contributed by atoms with E-state index in [0.717, 1.165) is 23.8 Å². The Morgan fingerprint density at radius 3 is 2.12 bits per heavy atom. The molecule has 0 fully saturated rings. The number of benzene rings is 2. The molecule has 2 aromatic rings. The van der Waals surface area contributed by atoms with E-state index in [1.165, 1.54) is 6.08 Å². The molecule has 26 heavy (non-hydrogen) atoms. The first-order chi connectivity index (χ1) is 12.2. The number of hydrogen-bond acceptors (Lipinski definition) is 1. The molecule has 0 radical (unpaired) electrons. The van der Waals surface area contributed by atoms with Crippen molar-refractivity contribution < 1.29 is 18.0 Å². The van der Waals surface area contributed by atoms with Gasteiger partial charge < -0.3 is 5.32 Å². The van der Waals surface area contributed by atoms with Crippen LogP contribution in [-0.2, 0) is 11.3 Å². The van der Waals surface area contributed by atoms with Gasteiger partial charge in [-0.2, -0.15) is 13.2 Å². The zero-order valence-corrected chi connectivity index (χ0v) is 15.4. The molecule has 2 rings (SSSR count). The van der Waals surface area contributed by atoms with Crippen molar-refractivity contribution in [2.45, 2.75) is 18.6 Å². The molecule has 1 atom stereocenters. The summed E-state index contributed by atoms with van der Waals surface area (Å²) in [7, 11) is 0. The zero-order chi connectivity index (χ0) is 19.3. The number of allylic oxidation sites excluding steroid dienone is 1. The fourth-order valence-electron chi connectivity index (χ4n) is 2.28. The van der Waals surface area contributed by atoms with Crippen LogP contribution < -0.4 is 5.32 Å². The molecule has 1 amide bonds. The lowest BCUT2D eigenvalue weighted by Gasteiger charge is -2.18. The molecule has 0 saturated carbocycles. The topological polar surface area (TPSA) is 29.1 Å². The molecule has 0 aromatic heterocycles. The normalized spacial score (nSPS) is 13.0. The fraction of sp³-hybridized carbons (Fsp3) is 0.167. The SMILES string of the molecule is O=CNCc1ccc(/C=C\C(c2cc(Cl)c(Cl)c(Cl)c2)C(F)(F)F)cc1. The van der Waals surface area contributed by atoms with Gasteiger partial charge in [-0.05, 0) is 28.8 Å². The van der Waals surface area contributed by atoms with Gasteiger partial charge in [0.1, 0.15) is 0 Å². The summed E-state index contributed by atoms with van der Waals surface area (Å²) in [5.74, 6) is -1.88. The highest BCUT2D eigenvalue weighted by Gasteiger charge is 2.39. The van der Waals surface area contributed by atoms with Crippen molar-refractivity contribution in [1.82, 2.24) is 5.32 Å². The number of rotatable bonds is 6. The van der Waals surface area contributed by atoms with Crippen molar-refractivity contribution in [3.05, 3.63) is 74.2 Å². The Balaban J connectivity index is 2.28. The van der Waals surface area contributed by atoms with E-state index in [1.54, 1.807) is 24.3 Å². The summed E-state index contributed by atoms with van der Waals surface area (Å²) >= 11 is 17.5. The lowest BCUT2D eigenvalue weighted by Crippen LogP contribution is -2.19. The second-order valence-corrected chi connectivity index (χ2v) is 6.61. The number of alkyl halides is 3. The summed E-state index contributed by atoms with van der Waals surface area (Å²) in [6.07, 6.45) is -1.55. The van der Waals surface area contributed by atoms with E-state index in [9.17, 15) is 18.0 Å². The van der Waals surface area contributed by atoms with Gasteiger partial charge in [-0.15, -0.1) is 0 Å². The van der Waals surface area contributed by atoms with Gasteiger partial charge in [-0.3, -0.25) is 4.79 Å². The van der Waals surface area contributed by atoms with Crippen molar-refractivity contribution in [3.63, 3.8) is 0 Å². The smallest absolute Gasteiger partial charge is 0.355 e. The van der Waals surface area contributed by atoms with Gasteiger partial charge in [0.25, 0.3) is 0 Å². The second-order valence-electron chi connectivity index (χ2n) is 5.42. The number of nitrogens with one attached hydrogen (secondary N) is 1. The van der Waals surface area contributed by atoms with Gasteiger partial charge in [-0.25, -0.2) is 0 Å². The zero-order valence-electron chi connectivity index (χ0n) is 13.2. The molecule has 8 heteroatoms. The first-order valence-electron chi connectivity index (χ1n) is 7.37. The maximum atomic E-state index is 13.5. The summed E-state index contributed by atoms with van der Waals surface area (Å²) in [6.45, 7) is 0.348. The van der Waals surface area contributed by atoms with Gasteiger partial charge in [0.05, 0.1) is 21.0 Å². The summed E-state index contributed by atoms with van der Waals surface area (Å²) in [5.41, 5.74) is 1.32. The molecule has 1 N–H and O–H groups in total. The van der Waals surface area contributed by atoms with Crippen LogP contribution >= 0.6 is 34.8 Å². The largest absolute Gasteiger partial charge is 0.399 e. The van der Waals surface area contributed by atoms with E-state index < -0.39 is 12.1 Å². The van der Waals surface area contributed by atoms with E-state index in [2.05, 4.69) is 5.32 Å². The van der Waals surface area contributed by atoms with E-state index in [4.69, 9.17) is 34.8 Å². The first kappa shape index (κ1) is 20.6. The minimum absolute atomic E-state index is 0.0153. The Morgan fingerprint density at radius 2 is 1.62 bits per heavy atom. The number of carbonyl (C=O) groups excluding carboxylic acids is 1. The lowest BCUT2D eigenvalue weighted by molar-refractivity contribution is -0.139. The molecular formula is C18H13Cl3F3NO. The van der Waals surface area contributed by atoms with Crippen LogP contribution in [0.5, 0.6) is 0 Å². The summed E-state index contributed by atoms with van der Waals surface area (Å²) in [5, 5.41) is 2.45. The van der Waals surface area contributed by atoms with Crippen LogP contribution in [0.25, 0.3) is 6.08 Å². The predicted molar refractivity (Wildman–Crippen MR) is 98.6 cm³/mol. The Morgan fingerprint density at radius 1 is 1.04 bits per heavy atom. The third-order valence-corrected chi connectivity index (χ3v) is 4.77. The minimum atomic E-state index is -4.52. The van der Waals surface area contributed by atoms with Crippen molar-refractivity contribution in [1.29, 1.82) is 0 Å². The molecule has 2 nitrogen and oxygen atoms in total. The summed E-state index contributed by atoms with van der Waals surface area (Å²) in [4.78, 5) is 10.3. The van der Waals surface area contributed by atoms with Crippen molar-refractivity contribution >= 4 is 47.3 Å². The Hall–Kier alpha value is -1.69. The van der Waals surface area contributed by atoms with E-state index in [0.29, 0.717) is 18.5 Å². The number of halogens is 6. The van der Waals surface area contributed by atoms with Crippen LogP contribution in [0.1, 0.15) is 22.6 Å². The predicted octanol–water partition coefficient (Wildman–Crippen LogP) is 6.25. The van der Waals surface area contributed by atoms with Crippen molar-refractivity contribution in [2.75, 3.05) is 0 Å². The van der Waals surface area contributed by atoms with E-state index in [-0.39, 0.29) is 20.6 Å². The maximum Gasteiger partial charge on any atom is 0.399 e. The molecule has 2 aromatic carbocycles. The van der Waals surface area contributed by atoms with Gasteiger partial charge in [0.15, 0.2) is 0 Å². The number of hydrogen-bond donors (Lipinski definition) is 1. The molecule has 0 saturated heterocycles. The average Bonchev–Trinajstić information content (AvgIpc) is 2.57. The molecule has 138 valence electrons. The molecule has 0 aliphatic carbocycles. The molecular weight excluding hydrogens is 410 g/mol. The highest BCUT2D eigenvalue weighted by atomic mass is 35.5. The Labute approximate surface area is 163 Å². The van der Waals surface area contributed by atoms with Crippen LogP contribution in [0.4, 0.5) is 13.2 Å². The van der Waals surface area contributed by atoms with Gasteiger partial charge in [0, 0.05) is 6.54 Å². The monoisotopic (exact) mass is 421 g/mol. The van der Waals surface area contributed by atoms with Crippen LogP contribution in [-0.4, -0.2) is 12.6 Å². The standard InChI is InChI=1S/C18H13Cl3F3NO/c19-15-7-13(8-16(20)17(15)21)14(18(22,23)24)6-5-11-1-3-12(4-2-11)9-25-10-26/h1-8,10,14H,9H2,(H,25,26)/b6-5-. The quantitative estimate of drug-likeness (QED) is 0.432. The lowest BCUT2D eigenvalue weighted by atomic mass is 9.97. The fourth-order valence-corrected chi connectivity index (χ4v) is 2.89. The molecule has 0 aliphatic rings. The molecule has 0 bridgehead atoms. The van der Waals surface area contributed by atoms with E-state index >= 15 is 0 Å². The molecule has 0 spiro atoms. The van der Waals surface area contributed by atoms with E-state index in [1.807, 2.05) is 0 Å². The Bertz CT molecular complexity index is 781. The Kier molecular flexibility index (Phi) is 6.98. The third-order valence-electron chi connectivity index (χ3n) is 3.57. The summed E-state index contributed by atoms with van der Waals surface area (Å²) < 4.78 is 40.4. The molecule has 1 unspecified atom stereocenters. The third kappa shape index (κ3) is 5.40. The van der Waals surface area contributed by atoms with Crippen molar-refractivity contribution in [3.8, 4) is 0 Å². The van der Waals surface area contributed by atoms with Gasteiger partial charge >= 0.3 is 6.18 Å². The minimum Gasteiger partial charge on any atom is -0.355 e. The van der Waals surface area contributed by atoms with Crippen LogP contribution in [0.2, 0.25) is 15.1 Å². The summed E-state index contributed by atoms with van der Waals surface area (Å²) in [6, 6.07) is 9.07. The van der Waals surface area contributed by atoms with Crippen LogP contribution in [0.15, 0.2) is 42.5 Å². The second kappa shape index (κ2) is 8.80. The van der Waals surface area contributed by atoms with Crippen molar-refractivity contribution in [2.24, 2.45) is 0 Å². The van der Waals surface area contributed by atoms with Gasteiger partial charge in [0.2, 0.25) is 6.41 Å². The van der Waals surface area contributed by atoms with Crippen LogP contribution in [0, 0.1) is 0 Å². The number of carbonyl (C=O) groups is 1. The van der Waals surface area contributed by atoms with Gasteiger partial charge in [-0.1, -0.05) is 71.2 Å². The highest BCUT2D eigenvalue weighted by molar-refractivity contribution is 6.48. The highest BCUT2D eigenvalue weighted by Crippen LogP contribution is 2.41. The average molecular weight is 423 g/mol. The number of amides is 1. The molecule has 0 aliphatic heterocycles. The molecule has 0 heterocycles.